The molecule has 1 heterocycles. The van der Waals surface area contributed by atoms with Crippen molar-refractivity contribution in [1.29, 1.82) is 0 Å². The lowest BCUT2D eigenvalue weighted by atomic mass is 10.2. The van der Waals surface area contributed by atoms with Crippen molar-refractivity contribution in [1.82, 2.24) is 15.1 Å². The molecule has 0 spiro atoms. The number of halogens is 1. The third kappa shape index (κ3) is 3.90. The van der Waals surface area contributed by atoms with E-state index in [9.17, 15) is 9.18 Å². The SMILES string of the molecule is O=C(NCCSc1ccccc1)c1nn(-c2ccc(F)cc2)c2c1CCC2. The molecule has 0 unspecified atom stereocenters. The fourth-order valence-corrected chi connectivity index (χ4v) is 4.14. The van der Waals surface area contributed by atoms with Crippen molar-refractivity contribution in [2.45, 2.75) is 24.2 Å². The summed E-state index contributed by atoms with van der Waals surface area (Å²) in [6.07, 6.45) is 2.76. The van der Waals surface area contributed by atoms with Crippen molar-refractivity contribution < 1.29 is 9.18 Å². The Balaban J connectivity index is 1.44. The third-order valence-corrected chi connectivity index (χ3v) is 5.63. The van der Waals surface area contributed by atoms with E-state index in [0.29, 0.717) is 12.2 Å². The highest BCUT2D eigenvalue weighted by atomic mass is 32.2. The number of nitrogens with one attached hydrogen (secondary N) is 1. The van der Waals surface area contributed by atoms with E-state index in [4.69, 9.17) is 0 Å². The van der Waals surface area contributed by atoms with Crippen LogP contribution in [0.3, 0.4) is 0 Å². The normalized spacial score (nSPS) is 12.8. The Bertz CT molecular complexity index is 938. The van der Waals surface area contributed by atoms with Crippen molar-refractivity contribution in [3.63, 3.8) is 0 Å². The topological polar surface area (TPSA) is 46.9 Å². The maximum atomic E-state index is 13.2. The van der Waals surface area contributed by atoms with E-state index in [0.717, 1.165) is 42.0 Å². The van der Waals surface area contributed by atoms with Crippen molar-refractivity contribution in [3.05, 3.63) is 77.4 Å². The molecular weight excluding hydrogens is 361 g/mol. The second-order valence-electron chi connectivity index (χ2n) is 6.43. The summed E-state index contributed by atoms with van der Waals surface area (Å²) in [6.45, 7) is 0.580. The number of carbonyl (C=O) groups excluding carboxylic acids is 1. The average Bonchev–Trinajstić information content (AvgIpc) is 3.29. The zero-order valence-corrected chi connectivity index (χ0v) is 15.6. The number of fused-ring (bicyclic) bond motifs is 1. The van der Waals surface area contributed by atoms with Crippen molar-refractivity contribution in [2.75, 3.05) is 12.3 Å². The van der Waals surface area contributed by atoms with Crippen LogP contribution in [0.4, 0.5) is 4.39 Å². The zero-order chi connectivity index (χ0) is 18.6. The van der Waals surface area contributed by atoms with Crippen LogP contribution in [0.25, 0.3) is 5.69 Å². The molecule has 138 valence electrons. The Morgan fingerprint density at radius 1 is 1.11 bits per heavy atom. The molecule has 4 nitrogen and oxygen atoms in total. The summed E-state index contributed by atoms with van der Waals surface area (Å²) < 4.78 is 15.0. The fraction of sp³-hybridized carbons (Fsp3) is 0.238. The highest BCUT2D eigenvalue weighted by Crippen LogP contribution is 2.28. The van der Waals surface area contributed by atoms with Gasteiger partial charge in [0.15, 0.2) is 5.69 Å². The molecule has 3 aromatic rings. The molecule has 27 heavy (non-hydrogen) atoms. The van der Waals surface area contributed by atoms with Gasteiger partial charge in [-0.3, -0.25) is 4.79 Å². The average molecular weight is 381 g/mol. The maximum absolute atomic E-state index is 13.2. The minimum absolute atomic E-state index is 0.136. The van der Waals surface area contributed by atoms with Crippen molar-refractivity contribution in [2.24, 2.45) is 0 Å². The molecule has 4 rings (SSSR count). The Morgan fingerprint density at radius 2 is 1.89 bits per heavy atom. The first-order valence-electron chi connectivity index (χ1n) is 9.05. The quantitative estimate of drug-likeness (QED) is 0.518. The third-order valence-electron chi connectivity index (χ3n) is 4.62. The van der Waals surface area contributed by atoms with Gasteiger partial charge in [-0.15, -0.1) is 11.8 Å². The predicted octanol–water partition coefficient (Wildman–Crippen LogP) is 4.02. The van der Waals surface area contributed by atoms with Crippen LogP contribution < -0.4 is 5.32 Å². The van der Waals surface area contributed by atoms with E-state index in [1.54, 1.807) is 28.6 Å². The van der Waals surface area contributed by atoms with Gasteiger partial charge in [-0.25, -0.2) is 9.07 Å². The molecule has 2 aromatic carbocycles. The Hall–Kier alpha value is -2.60. The molecule has 0 aliphatic heterocycles. The zero-order valence-electron chi connectivity index (χ0n) is 14.8. The Kier molecular flexibility index (Phi) is 5.25. The first-order chi connectivity index (χ1) is 13.2. The second kappa shape index (κ2) is 7.96. The first kappa shape index (κ1) is 17.8. The number of aromatic nitrogens is 2. The summed E-state index contributed by atoms with van der Waals surface area (Å²) in [5, 5.41) is 7.52. The number of amides is 1. The van der Waals surface area contributed by atoms with Gasteiger partial charge < -0.3 is 5.32 Å². The van der Waals surface area contributed by atoms with Crippen molar-refractivity contribution in [3.8, 4) is 5.69 Å². The lowest BCUT2D eigenvalue weighted by Gasteiger charge is -2.06. The van der Waals surface area contributed by atoms with E-state index in [-0.39, 0.29) is 11.7 Å². The molecule has 1 aliphatic rings. The summed E-state index contributed by atoms with van der Waals surface area (Å²) in [5.41, 5.74) is 3.36. The molecule has 1 N–H and O–H groups in total. The molecular formula is C21H20FN3OS. The summed E-state index contributed by atoms with van der Waals surface area (Å²) in [7, 11) is 0. The molecule has 1 aromatic heterocycles. The molecule has 6 heteroatoms. The Labute approximate surface area is 161 Å². The molecule has 0 saturated heterocycles. The maximum Gasteiger partial charge on any atom is 0.272 e. The van der Waals surface area contributed by atoms with Gasteiger partial charge in [-0.2, -0.15) is 5.10 Å². The van der Waals surface area contributed by atoms with Crippen LogP contribution in [0.2, 0.25) is 0 Å². The molecule has 0 fully saturated rings. The van der Waals surface area contributed by atoms with Gasteiger partial charge in [0.05, 0.1) is 5.69 Å². The molecule has 0 radical (unpaired) electrons. The lowest BCUT2D eigenvalue weighted by molar-refractivity contribution is 0.0950. The van der Waals surface area contributed by atoms with Gasteiger partial charge in [0.2, 0.25) is 0 Å². The summed E-state index contributed by atoms with van der Waals surface area (Å²) in [6, 6.07) is 16.3. The predicted molar refractivity (Wildman–Crippen MR) is 105 cm³/mol. The summed E-state index contributed by atoms with van der Waals surface area (Å²) >= 11 is 1.71. The smallest absolute Gasteiger partial charge is 0.272 e. The van der Waals surface area contributed by atoms with Crippen molar-refractivity contribution >= 4 is 17.7 Å². The first-order valence-corrected chi connectivity index (χ1v) is 10.0. The molecule has 1 amide bonds. The summed E-state index contributed by atoms with van der Waals surface area (Å²) in [4.78, 5) is 13.8. The number of hydrogen-bond acceptors (Lipinski definition) is 3. The number of nitrogens with zero attached hydrogens (tertiary/aromatic N) is 2. The van der Waals surface area contributed by atoms with Gasteiger partial charge in [-0.05, 0) is 55.7 Å². The van der Waals surface area contributed by atoms with Gasteiger partial charge in [-0.1, -0.05) is 18.2 Å². The lowest BCUT2D eigenvalue weighted by Crippen LogP contribution is -2.27. The molecule has 0 saturated carbocycles. The van der Waals surface area contributed by atoms with Gasteiger partial charge in [0, 0.05) is 28.5 Å². The minimum Gasteiger partial charge on any atom is -0.350 e. The minimum atomic E-state index is -0.281. The van der Waals surface area contributed by atoms with Crippen LogP contribution in [0.1, 0.15) is 28.2 Å². The van der Waals surface area contributed by atoms with E-state index in [2.05, 4.69) is 22.5 Å². The Morgan fingerprint density at radius 3 is 2.67 bits per heavy atom. The van der Waals surface area contributed by atoms with E-state index in [1.807, 2.05) is 18.2 Å². The van der Waals surface area contributed by atoms with Crippen LogP contribution in [-0.2, 0) is 12.8 Å². The van der Waals surface area contributed by atoms with E-state index in [1.165, 1.54) is 17.0 Å². The van der Waals surface area contributed by atoms with E-state index < -0.39 is 0 Å². The van der Waals surface area contributed by atoms with Gasteiger partial charge >= 0.3 is 0 Å². The monoisotopic (exact) mass is 381 g/mol. The number of carbonyl (C=O) groups is 1. The van der Waals surface area contributed by atoms with Gasteiger partial charge in [0.25, 0.3) is 5.91 Å². The van der Waals surface area contributed by atoms with Crippen LogP contribution in [0, 0.1) is 5.82 Å². The van der Waals surface area contributed by atoms with Crippen LogP contribution >= 0.6 is 11.8 Å². The highest BCUT2D eigenvalue weighted by molar-refractivity contribution is 7.99. The largest absolute Gasteiger partial charge is 0.350 e. The van der Waals surface area contributed by atoms with Crippen LogP contribution in [0.15, 0.2) is 59.5 Å². The molecule has 0 atom stereocenters. The molecule has 1 aliphatic carbocycles. The standard InChI is InChI=1S/C21H20FN3OS/c22-15-9-11-16(12-10-15)25-19-8-4-7-18(19)20(24-25)21(26)23-13-14-27-17-5-2-1-3-6-17/h1-3,5-6,9-12H,4,7-8,13-14H2,(H,23,26). The van der Waals surface area contributed by atoms with Gasteiger partial charge in [0.1, 0.15) is 5.82 Å². The fourth-order valence-electron chi connectivity index (χ4n) is 3.35. The van der Waals surface area contributed by atoms with Crippen LogP contribution in [-0.4, -0.2) is 28.0 Å². The second-order valence-corrected chi connectivity index (χ2v) is 7.60. The number of rotatable bonds is 6. The van der Waals surface area contributed by atoms with Crippen LogP contribution in [0.5, 0.6) is 0 Å². The molecule has 0 bridgehead atoms. The number of benzene rings is 2. The van der Waals surface area contributed by atoms with E-state index >= 15 is 0 Å². The number of thioether (sulfide) groups is 1. The highest BCUT2D eigenvalue weighted by Gasteiger charge is 2.26. The summed E-state index contributed by atoms with van der Waals surface area (Å²) in [5.74, 6) is 0.385. The number of hydrogen-bond donors (Lipinski definition) is 1.